The van der Waals surface area contributed by atoms with Gasteiger partial charge in [-0.2, -0.15) is 0 Å². The fourth-order valence-electron chi connectivity index (χ4n) is 2.79. The molecule has 0 amide bonds. The Morgan fingerprint density at radius 2 is 2.15 bits per heavy atom. The van der Waals surface area contributed by atoms with Crippen LogP contribution in [0.2, 0.25) is 0 Å². The zero-order chi connectivity index (χ0) is 14.3. The molecule has 1 fully saturated rings. The van der Waals surface area contributed by atoms with E-state index in [9.17, 15) is 9.90 Å². The number of carbonyl (C=O) groups is 1. The lowest BCUT2D eigenvalue weighted by Crippen LogP contribution is -2.29. The maximum atomic E-state index is 11.4. The number of hydrogen-bond donors (Lipinski definition) is 1. The number of pyridine rings is 1. The second-order valence-electron chi connectivity index (χ2n) is 5.30. The van der Waals surface area contributed by atoms with E-state index >= 15 is 0 Å². The highest BCUT2D eigenvalue weighted by molar-refractivity contribution is 9.10. The van der Waals surface area contributed by atoms with Crippen LogP contribution in [0.3, 0.4) is 0 Å². The summed E-state index contributed by atoms with van der Waals surface area (Å²) in [6.07, 6.45) is 3.93. The normalized spacial score (nSPS) is 17.7. The van der Waals surface area contributed by atoms with E-state index in [1.54, 1.807) is 0 Å². The van der Waals surface area contributed by atoms with Crippen LogP contribution in [0.5, 0.6) is 0 Å². The number of nitrogens with zero attached hydrogens (tertiary/aromatic N) is 3. The Hall–Kier alpha value is -1.40. The smallest absolute Gasteiger partial charge is 0.356 e. The number of rotatable bonds is 2. The van der Waals surface area contributed by atoms with Crippen molar-refractivity contribution in [3.8, 4) is 0 Å². The molecule has 6 heteroatoms. The largest absolute Gasteiger partial charge is 0.476 e. The summed E-state index contributed by atoms with van der Waals surface area (Å²) >= 11 is 3.39. The molecule has 0 saturated carbocycles. The molecule has 3 rings (SSSR count). The lowest BCUT2D eigenvalue weighted by atomic mass is 9.96. The lowest BCUT2D eigenvalue weighted by Gasteiger charge is -2.28. The van der Waals surface area contributed by atoms with Gasteiger partial charge in [-0.15, -0.1) is 0 Å². The molecule has 20 heavy (non-hydrogen) atoms. The van der Waals surface area contributed by atoms with Crippen LogP contribution in [0.1, 0.15) is 35.1 Å². The predicted molar refractivity (Wildman–Crippen MR) is 79.3 cm³/mol. The van der Waals surface area contributed by atoms with Gasteiger partial charge in [0.05, 0.1) is 5.52 Å². The third-order valence-corrected chi connectivity index (χ3v) is 4.41. The molecule has 1 aliphatic heterocycles. The molecule has 2 aromatic heterocycles. The fraction of sp³-hybridized carbons (Fsp3) is 0.429. The molecular weight excluding hydrogens is 322 g/mol. The molecule has 5 nitrogen and oxygen atoms in total. The highest BCUT2D eigenvalue weighted by Gasteiger charge is 2.25. The first kappa shape index (κ1) is 13.6. The third-order valence-electron chi connectivity index (χ3n) is 3.92. The minimum Gasteiger partial charge on any atom is -0.476 e. The number of halogens is 1. The third kappa shape index (κ3) is 2.33. The zero-order valence-electron chi connectivity index (χ0n) is 11.2. The van der Waals surface area contributed by atoms with Crippen LogP contribution in [-0.2, 0) is 0 Å². The SMILES string of the molecule is CN1CCC(c2nc(C(=O)O)c3cc(Br)ccn23)CC1. The summed E-state index contributed by atoms with van der Waals surface area (Å²) in [6, 6.07) is 3.73. The number of likely N-dealkylation sites (tertiary alicyclic amines) is 1. The van der Waals surface area contributed by atoms with Crippen molar-refractivity contribution in [2.75, 3.05) is 20.1 Å². The Morgan fingerprint density at radius 3 is 2.80 bits per heavy atom. The predicted octanol–water partition coefficient (Wildman–Crippen LogP) is 2.60. The van der Waals surface area contributed by atoms with E-state index in [1.165, 1.54) is 0 Å². The first-order valence-electron chi connectivity index (χ1n) is 6.65. The molecule has 0 bridgehead atoms. The van der Waals surface area contributed by atoms with Gasteiger partial charge < -0.3 is 14.4 Å². The van der Waals surface area contributed by atoms with Gasteiger partial charge in [-0.3, -0.25) is 0 Å². The van der Waals surface area contributed by atoms with Crippen LogP contribution in [0.25, 0.3) is 5.52 Å². The van der Waals surface area contributed by atoms with Gasteiger partial charge in [0.1, 0.15) is 5.82 Å². The van der Waals surface area contributed by atoms with Gasteiger partial charge in [0.2, 0.25) is 0 Å². The van der Waals surface area contributed by atoms with E-state index in [0.29, 0.717) is 11.4 Å². The summed E-state index contributed by atoms with van der Waals surface area (Å²) in [5, 5.41) is 9.33. The molecule has 1 aliphatic rings. The number of imidazole rings is 1. The van der Waals surface area contributed by atoms with Crippen LogP contribution in [0.4, 0.5) is 0 Å². The van der Waals surface area contributed by atoms with E-state index in [2.05, 4.69) is 32.9 Å². The highest BCUT2D eigenvalue weighted by atomic mass is 79.9. The molecule has 0 unspecified atom stereocenters. The van der Waals surface area contributed by atoms with E-state index in [0.717, 1.165) is 36.2 Å². The summed E-state index contributed by atoms with van der Waals surface area (Å²) in [4.78, 5) is 18.1. The Balaban J connectivity index is 2.09. The molecule has 1 saturated heterocycles. The van der Waals surface area contributed by atoms with Crippen LogP contribution >= 0.6 is 15.9 Å². The summed E-state index contributed by atoms with van der Waals surface area (Å²) in [5.74, 6) is 0.228. The molecule has 0 spiro atoms. The van der Waals surface area contributed by atoms with Gasteiger partial charge in [0, 0.05) is 16.6 Å². The Kier molecular flexibility index (Phi) is 3.52. The zero-order valence-corrected chi connectivity index (χ0v) is 12.8. The van der Waals surface area contributed by atoms with E-state index in [-0.39, 0.29) is 5.69 Å². The average molecular weight is 338 g/mol. The van der Waals surface area contributed by atoms with Crippen LogP contribution in [-0.4, -0.2) is 45.5 Å². The van der Waals surface area contributed by atoms with Crippen molar-refractivity contribution in [1.82, 2.24) is 14.3 Å². The topological polar surface area (TPSA) is 57.8 Å². The highest BCUT2D eigenvalue weighted by Crippen LogP contribution is 2.29. The summed E-state index contributed by atoms with van der Waals surface area (Å²) in [5.41, 5.74) is 0.793. The van der Waals surface area contributed by atoms with Gasteiger partial charge in [-0.05, 0) is 45.1 Å². The number of piperidine rings is 1. The van der Waals surface area contributed by atoms with Crippen molar-refractivity contribution < 1.29 is 9.90 Å². The molecule has 0 atom stereocenters. The second kappa shape index (κ2) is 5.18. The second-order valence-corrected chi connectivity index (χ2v) is 6.22. The Morgan fingerprint density at radius 1 is 1.45 bits per heavy atom. The van der Waals surface area contributed by atoms with E-state index < -0.39 is 5.97 Å². The maximum Gasteiger partial charge on any atom is 0.356 e. The summed E-state index contributed by atoms with van der Waals surface area (Å²) in [7, 11) is 2.11. The Bertz CT molecular complexity index is 660. The maximum absolute atomic E-state index is 11.4. The molecule has 106 valence electrons. The average Bonchev–Trinajstić information content (AvgIpc) is 2.78. The lowest BCUT2D eigenvalue weighted by molar-refractivity contribution is 0.0693. The molecule has 0 aliphatic carbocycles. The van der Waals surface area contributed by atoms with E-state index in [4.69, 9.17) is 0 Å². The van der Waals surface area contributed by atoms with Gasteiger partial charge in [0.15, 0.2) is 5.69 Å². The van der Waals surface area contributed by atoms with Gasteiger partial charge >= 0.3 is 5.97 Å². The van der Waals surface area contributed by atoms with Crippen molar-refractivity contribution in [3.05, 3.63) is 34.3 Å². The monoisotopic (exact) mass is 337 g/mol. The number of carboxylic acid groups (broad SMARTS) is 1. The van der Waals surface area contributed by atoms with Crippen molar-refractivity contribution in [1.29, 1.82) is 0 Å². The van der Waals surface area contributed by atoms with Crippen molar-refractivity contribution in [2.45, 2.75) is 18.8 Å². The van der Waals surface area contributed by atoms with Crippen LogP contribution in [0.15, 0.2) is 22.8 Å². The standard InChI is InChI=1S/C14H16BrN3O2/c1-17-5-2-9(3-6-17)13-16-12(14(19)20)11-8-10(15)4-7-18(11)13/h4,7-9H,2-3,5-6H2,1H3,(H,19,20). The Labute approximate surface area is 125 Å². The molecule has 2 aromatic rings. The van der Waals surface area contributed by atoms with E-state index in [1.807, 2.05) is 22.7 Å². The van der Waals surface area contributed by atoms with Crippen LogP contribution in [0, 0.1) is 0 Å². The molecule has 0 radical (unpaired) electrons. The first-order valence-corrected chi connectivity index (χ1v) is 7.45. The minimum absolute atomic E-state index is 0.139. The number of fused-ring (bicyclic) bond motifs is 1. The van der Waals surface area contributed by atoms with Crippen LogP contribution < -0.4 is 0 Å². The van der Waals surface area contributed by atoms with Crippen molar-refractivity contribution in [3.63, 3.8) is 0 Å². The minimum atomic E-state index is -0.972. The number of carboxylic acids is 1. The molecular formula is C14H16BrN3O2. The quantitative estimate of drug-likeness (QED) is 0.915. The molecule has 1 N–H and O–H groups in total. The van der Waals surface area contributed by atoms with Gasteiger partial charge in [-0.1, -0.05) is 15.9 Å². The van der Waals surface area contributed by atoms with Crippen molar-refractivity contribution in [2.24, 2.45) is 0 Å². The summed E-state index contributed by atoms with van der Waals surface area (Å²) in [6.45, 7) is 2.05. The molecule has 0 aromatic carbocycles. The first-order chi connectivity index (χ1) is 9.56. The number of aromatic carboxylic acids is 1. The van der Waals surface area contributed by atoms with Gasteiger partial charge in [0.25, 0.3) is 0 Å². The fourth-order valence-corrected chi connectivity index (χ4v) is 3.13. The summed E-state index contributed by atoms with van der Waals surface area (Å²) < 4.78 is 2.78. The number of aromatic nitrogens is 2. The molecule has 3 heterocycles. The van der Waals surface area contributed by atoms with Gasteiger partial charge in [-0.25, -0.2) is 9.78 Å². The van der Waals surface area contributed by atoms with Crippen molar-refractivity contribution >= 4 is 27.4 Å². The number of hydrogen-bond acceptors (Lipinski definition) is 3.